The fourth-order valence-electron chi connectivity index (χ4n) is 2.10. The van der Waals surface area contributed by atoms with Crippen molar-refractivity contribution >= 4 is 22.2 Å². The first kappa shape index (κ1) is 14.5. The third-order valence-corrected chi connectivity index (χ3v) is 4.18. The van der Waals surface area contributed by atoms with E-state index in [-0.39, 0.29) is 0 Å². The predicted octanol–water partition coefficient (Wildman–Crippen LogP) is 4.08. The monoisotopic (exact) mass is 311 g/mol. The molecule has 0 unspecified atom stereocenters. The van der Waals surface area contributed by atoms with Gasteiger partial charge in [-0.25, -0.2) is 0 Å². The third-order valence-electron chi connectivity index (χ3n) is 3.28. The van der Waals surface area contributed by atoms with Crippen molar-refractivity contribution < 1.29 is 4.74 Å². The molecule has 4 nitrogen and oxygen atoms in total. The molecule has 5 heteroatoms. The molecule has 0 bridgehead atoms. The number of anilines is 2. The summed E-state index contributed by atoms with van der Waals surface area (Å²) >= 11 is 1.59. The maximum atomic E-state index is 5.14. The molecule has 0 saturated heterocycles. The van der Waals surface area contributed by atoms with Crippen LogP contribution in [-0.4, -0.2) is 17.3 Å². The van der Waals surface area contributed by atoms with Gasteiger partial charge < -0.3 is 10.1 Å². The molecule has 112 valence electrons. The summed E-state index contributed by atoms with van der Waals surface area (Å²) in [6.07, 6.45) is 1.89. The summed E-state index contributed by atoms with van der Waals surface area (Å²) in [5.41, 5.74) is 2.30. The Morgan fingerprint density at radius 1 is 0.955 bits per heavy atom. The SMILES string of the molecule is COc1ccc(Nc2nnc(CCc3ccccc3)s2)cc1. The molecule has 0 amide bonds. The van der Waals surface area contributed by atoms with Gasteiger partial charge in [-0.15, -0.1) is 10.2 Å². The van der Waals surface area contributed by atoms with E-state index in [9.17, 15) is 0 Å². The maximum absolute atomic E-state index is 5.14. The number of rotatable bonds is 6. The van der Waals surface area contributed by atoms with Gasteiger partial charge in [-0.1, -0.05) is 41.7 Å². The molecule has 3 rings (SSSR count). The first-order valence-electron chi connectivity index (χ1n) is 7.11. The second-order valence-corrected chi connectivity index (χ2v) is 5.90. The van der Waals surface area contributed by atoms with Gasteiger partial charge in [0.25, 0.3) is 0 Å². The quantitative estimate of drug-likeness (QED) is 0.745. The minimum absolute atomic E-state index is 0.813. The number of nitrogens with one attached hydrogen (secondary N) is 1. The number of ether oxygens (including phenoxy) is 1. The minimum atomic E-state index is 0.813. The van der Waals surface area contributed by atoms with E-state index >= 15 is 0 Å². The first-order chi connectivity index (χ1) is 10.8. The molecule has 0 saturated carbocycles. The Bertz CT molecular complexity index is 710. The van der Waals surface area contributed by atoms with Gasteiger partial charge in [0.2, 0.25) is 5.13 Å². The van der Waals surface area contributed by atoms with Crippen molar-refractivity contribution in [3.8, 4) is 5.75 Å². The Balaban J connectivity index is 1.58. The second kappa shape index (κ2) is 7.04. The van der Waals surface area contributed by atoms with Crippen molar-refractivity contribution in [1.29, 1.82) is 0 Å². The molecule has 0 spiro atoms. The fourth-order valence-corrected chi connectivity index (χ4v) is 2.86. The van der Waals surface area contributed by atoms with Gasteiger partial charge in [0.05, 0.1) is 7.11 Å². The van der Waals surface area contributed by atoms with E-state index in [0.29, 0.717) is 0 Å². The summed E-state index contributed by atoms with van der Waals surface area (Å²) in [5.74, 6) is 0.839. The lowest BCUT2D eigenvalue weighted by Gasteiger charge is -2.03. The van der Waals surface area contributed by atoms with E-state index in [1.807, 2.05) is 30.3 Å². The number of nitrogens with zero attached hydrogens (tertiary/aromatic N) is 2. The summed E-state index contributed by atoms with van der Waals surface area (Å²) in [6.45, 7) is 0. The summed E-state index contributed by atoms with van der Waals surface area (Å²) in [4.78, 5) is 0. The van der Waals surface area contributed by atoms with Gasteiger partial charge in [-0.3, -0.25) is 0 Å². The molecular weight excluding hydrogens is 294 g/mol. The normalized spacial score (nSPS) is 10.4. The largest absolute Gasteiger partial charge is 0.497 e. The average Bonchev–Trinajstić information content (AvgIpc) is 3.02. The number of aromatic nitrogens is 2. The average molecular weight is 311 g/mol. The zero-order valence-electron chi connectivity index (χ0n) is 12.3. The van der Waals surface area contributed by atoms with Crippen LogP contribution in [0.4, 0.5) is 10.8 Å². The Hall–Kier alpha value is -2.40. The van der Waals surface area contributed by atoms with Crippen molar-refractivity contribution in [1.82, 2.24) is 10.2 Å². The highest BCUT2D eigenvalue weighted by atomic mass is 32.1. The number of hydrogen-bond donors (Lipinski definition) is 1. The molecule has 0 radical (unpaired) electrons. The van der Waals surface area contributed by atoms with E-state index in [1.165, 1.54) is 5.56 Å². The highest BCUT2D eigenvalue weighted by Crippen LogP contribution is 2.23. The predicted molar refractivity (Wildman–Crippen MR) is 90.0 cm³/mol. The van der Waals surface area contributed by atoms with Crippen LogP contribution in [-0.2, 0) is 12.8 Å². The lowest BCUT2D eigenvalue weighted by Crippen LogP contribution is -1.90. The maximum Gasteiger partial charge on any atom is 0.210 e. The van der Waals surface area contributed by atoms with E-state index in [4.69, 9.17) is 4.74 Å². The van der Waals surface area contributed by atoms with Crippen LogP contribution < -0.4 is 10.1 Å². The summed E-state index contributed by atoms with van der Waals surface area (Å²) in [5, 5.41) is 13.6. The smallest absolute Gasteiger partial charge is 0.210 e. The van der Waals surface area contributed by atoms with Crippen molar-refractivity contribution in [3.63, 3.8) is 0 Å². The van der Waals surface area contributed by atoms with Crippen LogP contribution in [0.2, 0.25) is 0 Å². The molecule has 1 aromatic heterocycles. The van der Waals surface area contributed by atoms with Gasteiger partial charge >= 0.3 is 0 Å². The molecule has 2 aromatic carbocycles. The lowest BCUT2D eigenvalue weighted by molar-refractivity contribution is 0.415. The Morgan fingerprint density at radius 2 is 1.73 bits per heavy atom. The molecule has 1 N–H and O–H groups in total. The second-order valence-electron chi connectivity index (χ2n) is 4.84. The lowest BCUT2D eigenvalue weighted by atomic mass is 10.1. The standard InChI is InChI=1S/C17H17N3OS/c1-21-15-10-8-14(9-11-15)18-17-20-19-16(22-17)12-7-13-5-3-2-4-6-13/h2-6,8-11H,7,12H2,1H3,(H,18,20). The highest BCUT2D eigenvalue weighted by molar-refractivity contribution is 7.15. The third kappa shape index (κ3) is 3.83. The van der Waals surface area contributed by atoms with Crippen LogP contribution in [0.1, 0.15) is 10.6 Å². The number of hydrogen-bond acceptors (Lipinski definition) is 5. The summed E-state index contributed by atoms with van der Waals surface area (Å²) < 4.78 is 5.14. The number of methoxy groups -OCH3 is 1. The van der Waals surface area contributed by atoms with Crippen LogP contribution in [0.15, 0.2) is 54.6 Å². The van der Waals surface area contributed by atoms with Crippen molar-refractivity contribution in [3.05, 3.63) is 65.2 Å². The van der Waals surface area contributed by atoms with Gasteiger partial charge in [0.15, 0.2) is 0 Å². The van der Waals surface area contributed by atoms with E-state index in [2.05, 4.69) is 39.8 Å². The Kier molecular flexibility index (Phi) is 4.65. The number of benzene rings is 2. The van der Waals surface area contributed by atoms with E-state index in [1.54, 1.807) is 18.4 Å². The fraction of sp³-hybridized carbons (Fsp3) is 0.176. The first-order valence-corrected chi connectivity index (χ1v) is 7.92. The molecule has 1 heterocycles. The summed E-state index contributed by atoms with van der Waals surface area (Å²) in [6, 6.07) is 18.2. The molecule has 3 aromatic rings. The molecule has 0 aliphatic rings. The van der Waals surface area contributed by atoms with Crippen LogP contribution >= 0.6 is 11.3 Å². The van der Waals surface area contributed by atoms with Crippen molar-refractivity contribution in [2.75, 3.05) is 12.4 Å². The molecule has 0 aliphatic carbocycles. The van der Waals surface area contributed by atoms with Crippen molar-refractivity contribution in [2.24, 2.45) is 0 Å². The van der Waals surface area contributed by atoms with Gasteiger partial charge in [0.1, 0.15) is 10.8 Å². The van der Waals surface area contributed by atoms with Crippen LogP contribution in [0.5, 0.6) is 5.75 Å². The molecule has 22 heavy (non-hydrogen) atoms. The molecule has 0 atom stereocenters. The Labute approximate surface area is 133 Å². The highest BCUT2D eigenvalue weighted by Gasteiger charge is 2.05. The number of aryl methyl sites for hydroxylation is 2. The topological polar surface area (TPSA) is 47.0 Å². The van der Waals surface area contributed by atoms with Gasteiger partial charge in [-0.2, -0.15) is 0 Å². The van der Waals surface area contributed by atoms with Crippen LogP contribution in [0, 0.1) is 0 Å². The molecule has 0 fully saturated rings. The van der Waals surface area contributed by atoms with Gasteiger partial charge in [-0.05, 0) is 36.2 Å². The zero-order chi connectivity index (χ0) is 15.2. The van der Waals surface area contributed by atoms with Crippen molar-refractivity contribution in [2.45, 2.75) is 12.8 Å². The summed E-state index contributed by atoms with van der Waals surface area (Å²) in [7, 11) is 1.66. The molecular formula is C17H17N3OS. The minimum Gasteiger partial charge on any atom is -0.497 e. The molecule has 0 aliphatic heterocycles. The van der Waals surface area contributed by atoms with E-state index < -0.39 is 0 Å². The Morgan fingerprint density at radius 3 is 2.45 bits per heavy atom. The van der Waals surface area contributed by atoms with Crippen LogP contribution in [0.3, 0.4) is 0 Å². The van der Waals surface area contributed by atoms with E-state index in [0.717, 1.165) is 34.4 Å². The zero-order valence-corrected chi connectivity index (χ0v) is 13.1. The van der Waals surface area contributed by atoms with Crippen LogP contribution in [0.25, 0.3) is 0 Å². The van der Waals surface area contributed by atoms with Gasteiger partial charge in [0, 0.05) is 12.1 Å².